The molecule has 2 aromatic carbocycles. The number of aromatic nitrogens is 4. The summed E-state index contributed by atoms with van der Waals surface area (Å²) < 4.78 is 7.24. The van der Waals surface area contributed by atoms with Crippen molar-refractivity contribution in [2.75, 3.05) is 13.2 Å². The molecule has 3 aromatic rings. The molecule has 8 heteroatoms. The topological polar surface area (TPSA) is 102 Å². The van der Waals surface area contributed by atoms with Gasteiger partial charge < -0.3 is 15.2 Å². The molecule has 0 aliphatic rings. The van der Waals surface area contributed by atoms with Crippen LogP contribution in [0.3, 0.4) is 0 Å². The van der Waals surface area contributed by atoms with Gasteiger partial charge in [-0.15, -0.1) is 5.10 Å². The van der Waals surface area contributed by atoms with Gasteiger partial charge in [-0.2, -0.15) is 4.68 Å². The third-order valence-electron chi connectivity index (χ3n) is 4.73. The number of carbonyl (C=O) groups excluding carboxylic acids is 1. The number of aliphatic hydroxyl groups excluding tert-OH is 1. The van der Waals surface area contributed by atoms with E-state index in [0.717, 1.165) is 16.7 Å². The molecule has 0 saturated carbocycles. The fourth-order valence-corrected chi connectivity index (χ4v) is 3.09. The van der Waals surface area contributed by atoms with E-state index in [1.165, 1.54) is 0 Å². The number of aliphatic hydroxyl groups is 1. The normalized spacial score (nSPS) is 13.1. The molecule has 0 fully saturated rings. The molecule has 0 bridgehead atoms. The van der Waals surface area contributed by atoms with Gasteiger partial charge in [-0.1, -0.05) is 29.8 Å². The van der Waals surface area contributed by atoms with Crippen LogP contribution in [0, 0.1) is 6.92 Å². The standard InChI is InChI=1S/C22H27N5O3/c1-5-30-16(4)21-24-25-26-27(21)20-11-18(17-8-6-14(2)7-9-17)10-19(12-20)22(29)23-15(3)13-28/h6-12,15-16,28H,5,13H2,1-4H3,(H,23,29)/t15-,16?/m0/s1. The molecule has 0 aliphatic carbocycles. The Kier molecular flexibility index (Phi) is 6.91. The summed E-state index contributed by atoms with van der Waals surface area (Å²) in [4.78, 5) is 12.8. The first kappa shape index (κ1) is 21.6. The van der Waals surface area contributed by atoms with Crippen molar-refractivity contribution in [2.45, 2.75) is 39.8 Å². The van der Waals surface area contributed by atoms with Crippen molar-refractivity contribution in [1.29, 1.82) is 0 Å². The fourth-order valence-electron chi connectivity index (χ4n) is 3.09. The number of carbonyl (C=O) groups is 1. The molecule has 3 rings (SSSR count). The second kappa shape index (κ2) is 9.60. The predicted molar refractivity (Wildman–Crippen MR) is 113 cm³/mol. The number of tetrazole rings is 1. The first-order valence-corrected chi connectivity index (χ1v) is 9.97. The number of aryl methyl sites for hydroxylation is 1. The van der Waals surface area contributed by atoms with Crippen molar-refractivity contribution in [3.8, 4) is 16.8 Å². The number of hydrogen-bond donors (Lipinski definition) is 2. The van der Waals surface area contributed by atoms with Crippen molar-refractivity contribution < 1.29 is 14.6 Å². The summed E-state index contributed by atoms with van der Waals surface area (Å²) in [6.07, 6.45) is -0.306. The third-order valence-corrected chi connectivity index (χ3v) is 4.73. The summed E-state index contributed by atoms with van der Waals surface area (Å²) in [5, 5.41) is 24.1. The number of nitrogens with one attached hydrogen (secondary N) is 1. The van der Waals surface area contributed by atoms with Crippen LogP contribution in [0.1, 0.15) is 48.6 Å². The Morgan fingerprint density at radius 3 is 2.57 bits per heavy atom. The molecule has 0 spiro atoms. The van der Waals surface area contributed by atoms with Gasteiger partial charge in [-0.05, 0) is 67.4 Å². The second-order valence-electron chi connectivity index (χ2n) is 7.24. The highest BCUT2D eigenvalue weighted by atomic mass is 16.5. The molecule has 2 N–H and O–H groups in total. The predicted octanol–water partition coefficient (Wildman–Crippen LogP) is 2.85. The van der Waals surface area contributed by atoms with Gasteiger partial charge in [-0.3, -0.25) is 4.79 Å². The summed E-state index contributed by atoms with van der Waals surface area (Å²) >= 11 is 0. The highest BCUT2D eigenvalue weighted by Crippen LogP contribution is 2.26. The molecule has 1 aromatic heterocycles. The van der Waals surface area contributed by atoms with Gasteiger partial charge in [0.1, 0.15) is 6.10 Å². The fraction of sp³-hybridized carbons (Fsp3) is 0.364. The van der Waals surface area contributed by atoms with Crippen LogP contribution in [-0.4, -0.2) is 50.5 Å². The van der Waals surface area contributed by atoms with Crippen LogP contribution in [0.4, 0.5) is 0 Å². The Labute approximate surface area is 175 Å². The Hall–Kier alpha value is -3.10. The average Bonchev–Trinajstić information content (AvgIpc) is 3.24. The van der Waals surface area contributed by atoms with Crippen LogP contribution in [0.15, 0.2) is 42.5 Å². The van der Waals surface area contributed by atoms with E-state index in [-0.39, 0.29) is 24.7 Å². The summed E-state index contributed by atoms with van der Waals surface area (Å²) in [7, 11) is 0. The minimum atomic E-state index is -0.356. The lowest BCUT2D eigenvalue weighted by atomic mass is 10.0. The van der Waals surface area contributed by atoms with E-state index in [2.05, 4.69) is 20.8 Å². The van der Waals surface area contributed by atoms with Crippen molar-refractivity contribution in [2.24, 2.45) is 0 Å². The van der Waals surface area contributed by atoms with Gasteiger partial charge >= 0.3 is 0 Å². The minimum absolute atomic E-state index is 0.140. The van der Waals surface area contributed by atoms with Gasteiger partial charge in [0.15, 0.2) is 5.82 Å². The molecule has 2 atom stereocenters. The van der Waals surface area contributed by atoms with Crippen LogP contribution < -0.4 is 5.32 Å². The van der Waals surface area contributed by atoms with Gasteiger partial charge in [0, 0.05) is 18.2 Å². The maximum absolute atomic E-state index is 12.8. The zero-order valence-electron chi connectivity index (χ0n) is 17.7. The zero-order chi connectivity index (χ0) is 21.7. The minimum Gasteiger partial charge on any atom is -0.394 e. The van der Waals surface area contributed by atoms with Crippen molar-refractivity contribution in [3.63, 3.8) is 0 Å². The van der Waals surface area contributed by atoms with E-state index < -0.39 is 0 Å². The lowest BCUT2D eigenvalue weighted by Gasteiger charge is -2.15. The van der Waals surface area contributed by atoms with Crippen LogP contribution >= 0.6 is 0 Å². The largest absolute Gasteiger partial charge is 0.394 e. The molecule has 1 heterocycles. The van der Waals surface area contributed by atoms with Gasteiger partial charge in [0.2, 0.25) is 0 Å². The lowest BCUT2D eigenvalue weighted by Crippen LogP contribution is -2.35. The van der Waals surface area contributed by atoms with Crippen LogP contribution in [0.5, 0.6) is 0 Å². The molecule has 8 nitrogen and oxygen atoms in total. The van der Waals surface area contributed by atoms with E-state index in [9.17, 15) is 9.90 Å². The van der Waals surface area contributed by atoms with E-state index >= 15 is 0 Å². The zero-order valence-corrected chi connectivity index (χ0v) is 17.7. The Morgan fingerprint density at radius 2 is 1.90 bits per heavy atom. The number of nitrogens with zero attached hydrogens (tertiary/aromatic N) is 4. The molecule has 158 valence electrons. The third kappa shape index (κ3) is 4.90. The number of hydrogen-bond acceptors (Lipinski definition) is 6. The van der Waals surface area contributed by atoms with Gasteiger partial charge in [-0.25, -0.2) is 0 Å². The van der Waals surface area contributed by atoms with Gasteiger partial charge in [0.05, 0.1) is 12.3 Å². The summed E-state index contributed by atoms with van der Waals surface area (Å²) in [5.41, 5.74) is 4.09. The average molecular weight is 409 g/mol. The summed E-state index contributed by atoms with van der Waals surface area (Å²) in [6.45, 7) is 7.95. The quantitative estimate of drug-likeness (QED) is 0.593. The molecule has 0 aliphatic heterocycles. The number of rotatable bonds is 8. The molecule has 30 heavy (non-hydrogen) atoms. The lowest BCUT2D eigenvalue weighted by molar-refractivity contribution is 0.0684. The molecule has 1 amide bonds. The maximum Gasteiger partial charge on any atom is 0.251 e. The number of amides is 1. The highest BCUT2D eigenvalue weighted by molar-refractivity contribution is 5.96. The first-order valence-electron chi connectivity index (χ1n) is 9.97. The molecule has 1 unspecified atom stereocenters. The summed E-state index contributed by atoms with van der Waals surface area (Å²) in [5.74, 6) is 0.271. The second-order valence-corrected chi connectivity index (χ2v) is 7.24. The monoisotopic (exact) mass is 409 g/mol. The van der Waals surface area contributed by atoms with Crippen LogP contribution in [0.25, 0.3) is 16.8 Å². The van der Waals surface area contributed by atoms with E-state index in [4.69, 9.17) is 4.74 Å². The van der Waals surface area contributed by atoms with Gasteiger partial charge in [0.25, 0.3) is 5.91 Å². The molecular weight excluding hydrogens is 382 g/mol. The first-order chi connectivity index (χ1) is 14.4. The highest BCUT2D eigenvalue weighted by Gasteiger charge is 2.19. The SMILES string of the molecule is CCOC(C)c1nnnn1-c1cc(C(=O)N[C@@H](C)CO)cc(-c2ccc(C)cc2)c1. The molecule has 0 radical (unpaired) electrons. The summed E-state index contributed by atoms with van der Waals surface area (Å²) in [6, 6.07) is 13.2. The smallest absolute Gasteiger partial charge is 0.251 e. The van der Waals surface area contributed by atoms with E-state index in [0.29, 0.717) is 23.7 Å². The van der Waals surface area contributed by atoms with E-state index in [1.807, 2.05) is 57.2 Å². The Morgan fingerprint density at radius 1 is 1.17 bits per heavy atom. The Balaban J connectivity index is 2.10. The van der Waals surface area contributed by atoms with Crippen molar-refractivity contribution in [1.82, 2.24) is 25.5 Å². The van der Waals surface area contributed by atoms with Crippen LogP contribution in [0.2, 0.25) is 0 Å². The Bertz CT molecular complexity index is 1000. The molecular formula is C22H27N5O3. The van der Waals surface area contributed by atoms with Crippen molar-refractivity contribution >= 4 is 5.91 Å². The maximum atomic E-state index is 12.8. The molecule has 0 saturated heterocycles. The van der Waals surface area contributed by atoms with Crippen molar-refractivity contribution in [3.05, 3.63) is 59.4 Å². The van der Waals surface area contributed by atoms with Crippen LogP contribution in [-0.2, 0) is 4.74 Å². The van der Waals surface area contributed by atoms with E-state index in [1.54, 1.807) is 17.7 Å². The number of benzene rings is 2. The number of ether oxygens (including phenoxy) is 1.